The van der Waals surface area contributed by atoms with Crippen LogP contribution in [0.1, 0.15) is 43.7 Å². The van der Waals surface area contributed by atoms with Crippen molar-refractivity contribution >= 4 is 11.3 Å². The van der Waals surface area contributed by atoms with Gasteiger partial charge in [0, 0.05) is 11.8 Å². The summed E-state index contributed by atoms with van der Waals surface area (Å²) >= 11 is 1.61. The van der Waals surface area contributed by atoms with Crippen molar-refractivity contribution in [3.05, 3.63) is 59.1 Å². The Morgan fingerprint density at radius 3 is 2.67 bits per heavy atom. The Balaban J connectivity index is 1.86. The van der Waals surface area contributed by atoms with E-state index >= 15 is 0 Å². The first-order chi connectivity index (χ1) is 13.0. The summed E-state index contributed by atoms with van der Waals surface area (Å²) in [6.07, 6.45) is 2.97. The number of hydrogen-bond acceptors (Lipinski definition) is 3. The number of thiophene rings is 1. The Morgan fingerprint density at radius 2 is 1.89 bits per heavy atom. The average molecular weight is 390 g/mol. The van der Waals surface area contributed by atoms with Crippen molar-refractivity contribution in [3.8, 4) is 22.0 Å². The van der Waals surface area contributed by atoms with E-state index in [0.29, 0.717) is 11.4 Å². The highest BCUT2D eigenvalue weighted by Gasteiger charge is 2.30. The van der Waals surface area contributed by atoms with Gasteiger partial charge in [0.15, 0.2) is 5.82 Å². The molecule has 27 heavy (non-hydrogen) atoms. The van der Waals surface area contributed by atoms with Crippen LogP contribution >= 0.6 is 11.3 Å². The third-order valence-electron chi connectivity index (χ3n) is 4.38. The number of benzene rings is 1. The minimum absolute atomic E-state index is 0.309. The summed E-state index contributed by atoms with van der Waals surface area (Å²) in [6, 6.07) is 9.07. The van der Waals surface area contributed by atoms with Crippen LogP contribution in [-0.2, 0) is 12.6 Å². The summed E-state index contributed by atoms with van der Waals surface area (Å²) in [5, 5.41) is 2.04. The lowest BCUT2D eigenvalue weighted by Crippen LogP contribution is -2.04. The molecule has 2 aromatic heterocycles. The molecule has 0 spiro atoms. The van der Waals surface area contributed by atoms with Crippen LogP contribution in [0, 0.1) is 0 Å². The lowest BCUT2D eigenvalue weighted by Gasteiger charge is -2.09. The maximum atomic E-state index is 13.0. The van der Waals surface area contributed by atoms with Gasteiger partial charge in [-0.1, -0.05) is 38.3 Å². The van der Waals surface area contributed by atoms with E-state index in [1.165, 1.54) is 30.9 Å². The van der Waals surface area contributed by atoms with Crippen LogP contribution < -0.4 is 0 Å². The summed E-state index contributed by atoms with van der Waals surface area (Å²) in [7, 11) is 0. The van der Waals surface area contributed by atoms with Crippen molar-refractivity contribution in [2.75, 3.05) is 0 Å². The summed E-state index contributed by atoms with van der Waals surface area (Å²) in [6.45, 7) is 2.19. The van der Waals surface area contributed by atoms with Gasteiger partial charge in [-0.2, -0.15) is 13.2 Å². The number of alkyl halides is 3. The van der Waals surface area contributed by atoms with Gasteiger partial charge >= 0.3 is 6.18 Å². The van der Waals surface area contributed by atoms with E-state index in [9.17, 15) is 13.2 Å². The van der Waals surface area contributed by atoms with Crippen molar-refractivity contribution < 1.29 is 13.2 Å². The highest BCUT2D eigenvalue weighted by atomic mass is 32.1. The molecule has 0 N–H and O–H groups in total. The lowest BCUT2D eigenvalue weighted by molar-refractivity contribution is -0.137. The zero-order valence-electron chi connectivity index (χ0n) is 15.1. The molecule has 0 saturated heterocycles. The van der Waals surface area contributed by atoms with E-state index in [-0.39, 0.29) is 0 Å². The number of aromatic nitrogens is 2. The van der Waals surface area contributed by atoms with E-state index in [2.05, 4.69) is 23.0 Å². The molecule has 0 aliphatic rings. The van der Waals surface area contributed by atoms with Crippen molar-refractivity contribution in [2.45, 2.75) is 45.2 Å². The highest BCUT2D eigenvalue weighted by molar-refractivity contribution is 7.13. The molecule has 0 amide bonds. The molecule has 2 nitrogen and oxygen atoms in total. The molecule has 1 aromatic carbocycles. The topological polar surface area (TPSA) is 25.8 Å². The second kappa shape index (κ2) is 8.65. The number of rotatable bonds is 7. The van der Waals surface area contributed by atoms with Gasteiger partial charge in [0.05, 0.1) is 16.1 Å². The van der Waals surface area contributed by atoms with Gasteiger partial charge in [0.2, 0.25) is 0 Å². The van der Waals surface area contributed by atoms with E-state index in [1.54, 1.807) is 23.6 Å². The Kier molecular flexibility index (Phi) is 6.26. The molecular weight excluding hydrogens is 369 g/mol. The number of hydrogen-bond donors (Lipinski definition) is 0. The molecule has 0 aliphatic heterocycles. The Bertz CT molecular complexity index is 887. The zero-order chi connectivity index (χ0) is 19.3. The number of halogens is 3. The Labute approximate surface area is 161 Å². The van der Waals surface area contributed by atoms with Gasteiger partial charge in [-0.05, 0) is 48.1 Å². The van der Waals surface area contributed by atoms with Crippen molar-refractivity contribution in [3.63, 3.8) is 0 Å². The molecule has 3 aromatic rings. The van der Waals surface area contributed by atoms with E-state index in [4.69, 9.17) is 0 Å². The maximum Gasteiger partial charge on any atom is 0.416 e. The molecule has 0 bridgehead atoms. The van der Waals surface area contributed by atoms with Crippen LogP contribution in [0.15, 0.2) is 48.0 Å². The second-order valence-electron chi connectivity index (χ2n) is 6.43. The predicted molar refractivity (Wildman–Crippen MR) is 104 cm³/mol. The lowest BCUT2D eigenvalue weighted by atomic mass is 10.1. The van der Waals surface area contributed by atoms with Crippen LogP contribution in [0.25, 0.3) is 22.0 Å². The summed E-state index contributed by atoms with van der Waals surface area (Å²) < 4.78 is 38.9. The molecule has 2 heterocycles. The molecular formula is C21H21F3N2S. The molecule has 0 fully saturated rings. The summed E-state index contributed by atoms with van der Waals surface area (Å²) in [5.41, 5.74) is 1.68. The molecule has 0 unspecified atom stereocenters. The molecule has 0 aliphatic carbocycles. The fourth-order valence-electron chi connectivity index (χ4n) is 2.96. The SMILES string of the molecule is CCCCCCc1ccsc1-c1ccnc(-c2cccc(C(F)(F)F)c2)n1. The third-order valence-corrected chi connectivity index (χ3v) is 5.36. The monoisotopic (exact) mass is 390 g/mol. The number of aryl methyl sites for hydroxylation is 1. The van der Waals surface area contributed by atoms with E-state index in [0.717, 1.165) is 35.5 Å². The maximum absolute atomic E-state index is 13.0. The fourth-order valence-corrected chi connectivity index (χ4v) is 3.88. The van der Waals surface area contributed by atoms with Gasteiger partial charge < -0.3 is 0 Å². The van der Waals surface area contributed by atoms with Gasteiger partial charge in [-0.3, -0.25) is 0 Å². The van der Waals surface area contributed by atoms with E-state index in [1.807, 2.05) is 11.4 Å². The smallest absolute Gasteiger partial charge is 0.237 e. The third kappa shape index (κ3) is 4.95. The van der Waals surface area contributed by atoms with Crippen LogP contribution in [0.3, 0.4) is 0 Å². The van der Waals surface area contributed by atoms with Crippen LogP contribution in [0.4, 0.5) is 13.2 Å². The average Bonchev–Trinajstić information content (AvgIpc) is 3.13. The fraction of sp³-hybridized carbons (Fsp3) is 0.333. The largest absolute Gasteiger partial charge is 0.416 e. The molecule has 6 heteroatoms. The molecule has 0 saturated carbocycles. The molecule has 142 valence electrons. The Morgan fingerprint density at radius 1 is 1.04 bits per heavy atom. The van der Waals surface area contributed by atoms with Gasteiger partial charge in [0.1, 0.15) is 0 Å². The van der Waals surface area contributed by atoms with E-state index < -0.39 is 11.7 Å². The van der Waals surface area contributed by atoms with Gasteiger partial charge in [-0.25, -0.2) is 9.97 Å². The zero-order valence-corrected chi connectivity index (χ0v) is 15.9. The van der Waals surface area contributed by atoms with Gasteiger partial charge in [0.25, 0.3) is 0 Å². The normalized spacial score (nSPS) is 11.7. The summed E-state index contributed by atoms with van der Waals surface area (Å²) in [5.74, 6) is 0.309. The number of unbranched alkanes of at least 4 members (excludes halogenated alkanes) is 3. The van der Waals surface area contributed by atoms with Crippen molar-refractivity contribution in [2.24, 2.45) is 0 Å². The van der Waals surface area contributed by atoms with Crippen LogP contribution in [0.5, 0.6) is 0 Å². The van der Waals surface area contributed by atoms with Gasteiger partial charge in [-0.15, -0.1) is 11.3 Å². The molecule has 3 rings (SSSR count). The van der Waals surface area contributed by atoms with Crippen molar-refractivity contribution in [1.82, 2.24) is 9.97 Å². The Hall–Kier alpha value is -2.21. The highest BCUT2D eigenvalue weighted by Crippen LogP contribution is 2.33. The summed E-state index contributed by atoms with van der Waals surface area (Å²) in [4.78, 5) is 9.80. The quantitative estimate of drug-likeness (QED) is 0.405. The molecule has 0 atom stereocenters. The second-order valence-corrected chi connectivity index (χ2v) is 7.35. The van der Waals surface area contributed by atoms with Crippen LogP contribution in [0.2, 0.25) is 0 Å². The minimum atomic E-state index is -4.38. The van der Waals surface area contributed by atoms with Crippen molar-refractivity contribution in [1.29, 1.82) is 0 Å². The number of nitrogens with zero attached hydrogens (tertiary/aromatic N) is 2. The first kappa shape index (κ1) is 19.5. The predicted octanol–water partition coefficient (Wildman–Crippen LogP) is 7.01. The minimum Gasteiger partial charge on any atom is -0.237 e. The first-order valence-corrected chi connectivity index (χ1v) is 9.94. The first-order valence-electron chi connectivity index (χ1n) is 9.06. The standard InChI is InChI=1S/C21H21F3N2S/c1-2-3-4-5-7-15-11-13-27-19(15)18-10-12-25-20(26-18)16-8-6-9-17(14-16)21(22,23)24/h6,8-14H,2-5,7H2,1H3. The van der Waals surface area contributed by atoms with Crippen LogP contribution in [-0.4, -0.2) is 9.97 Å². The molecule has 0 radical (unpaired) electrons.